The number of carbonyl (C=O) groups excluding carboxylic acids is 4. The van der Waals surface area contributed by atoms with Crippen molar-refractivity contribution >= 4 is 23.3 Å². The smallest absolute Gasteiger partial charge is 0.338 e. The zero-order valence-electron chi connectivity index (χ0n) is 25.5. The quantitative estimate of drug-likeness (QED) is 0.143. The van der Waals surface area contributed by atoms with Crippen LogP contribution in [-0.4, -0.2) is 87.6 Å². The third kappa shape index (κ3) is 5.45. The van der Waals surface area contributed by atoms with Crippen LogP contribution >= 0.6 is 0 Å². The average molecular weight is 648 g/mol. The zero-order chi connectivity index (χ0) is 33.8. The zero-order valence-corrected chi connectivity index (χ0v) is 25.5. The second-order valence-electron chi connectivity index (χ2n) is 11.9. The maximum atomic E-state index is 13.8. The summed E-state index contributed by atoms with van der Waals surface area (Å²) in [5.74, 6) is -4.67. The van der Waals surface area contributed by atoms with Gasteiger partial charge in [-0.1, -0.05) is 30.3 Å². The number of Topliss-reactive ketones (excluding diaryl/α,β-unsaturated/α-hetero) is 1. The minimum atomic E-state index is -2.34. The highest BCUT2D eigenvalue weighted by molar-refractivity contribution is 6.31. The van der Waals surface area contributed by atoms with Crippen molar-refractivity contribution in [3.63, 3.8) is 0 Å². The van der Waals surface area contributed by atoms with Gasteiger partial charge in [-0.25, -0.2) is 4.79 Å². The lowest BCUT2D eigenvalue weighted by Gasteiger charge is -2.42. The summed E-state index contributed by atoms with van der Waals surface area (Å²) in [5, 5.41) is 45.4. The lowest BCUT2D eigenvalue weighted by atomic mass is 9.72. The monoisotopic (exact) mass is 647 g/mol. The second kappa shape index (κ2) is 12.2. The molecule has 0 unspecified atom stereocenters. The number of phenols is 2. The molecule has 3 aliphatic rings. The van der Waals surface area contributed by atoms with Crippen LogP contribution in [0.5, 0.6) is 17.2 Å². The van der Waals surface area contributed by atoms with Crippen LogP contribution in [0.1, 0.15) is 79.2 Å². The highest BCUT2D eigenvalue weighted by Crippen LogP contribution is 2.52. The molecule has 0 amide bonds. The molecule has 3 aromatic carbocycles. The minimum absolute atomic E-state index is 0.0158. The van der Waals surface area contributed by atoms with E-state index in [2.05, 4.69) is 0 Å². The third-order valence-corrected chi connectivity index (χ3v) is 9.01. The molecular weight excluding hydrogens is 614 g/mol. The van der Waals surface area contributed by atoms with Gasteiger partial charge in [-0.15, -0.1) is 0 Å². The van der Waals surface area contributed by atoms with Crippen LogP contribution < -0.4 is 10.5 Å². The number of fused-ring (bicyclic) bond motifs is 3. The Morgan fingerprint density at radius 3 is 2.38 bits per heavy atom. The van der Waals surface area contributed by atoms with E-state index in [1.807, 2.05) is 0 Å². The van der Waals surface area contributed by atoms with Gasteiger partial charge >= 0.3 is 5.97 Å². The molecule has 246 valence electrons. The Labute approximate surface area is 268 Å². The van der Waals surface area contributed by atoms with Crippen LogP contribution in [-0.2, 0) is 25.4 Å². The van der Waals surface area contributed by atoms with Gasteiger partial charge in [0.2, 0.25) is 11.6 Å². The second-order valence-corrected chi connectivity index (χ2v) is 11.9. The molecule has 47 heavy (non-hydrogen) atoms. The Morgan fingerprint density at radius 2 is 1.70 bits per heavy atom. The Hall–Kier alpha value is -4.66. The van der Waals surface area contributed by atoms with E-state index in [-0.39, 0.29) is 40.0 Å². The van der Waals surface area contributed by atoms with Gasteiger partial charge in [0, 0.05) is 42.0 Å². The number of ketones is 3. The largest absolute Gasteiger partial charge is 0.507 e. The molecule has 0 bridgehead atoms. The van der Waals surface area contributed by atoms with E-state index < -0.39 is 102 Å². The molecule has 6 N–H and O–H groups in total. The van der Waals surface area contributed by atoms with Crippen molar-refractivity contribution in [2.24, 2.45) is 5.73 Å². The van der Waals surface area contributed by atoms with Gasteiger partial charge in [-0.05, 0) is 25.1 Å². The first-order valence-corrected chi connectivity index (χ1v) is 15.0. The number of benzene rings is 3. The molecule has 1 heterocycles. The summed E-state index contributed by atoms with van der Waals surface area (Å²) in [7, 11) is 1.32. The molecule has 0 radical (unpaired) electrons. The van der Waals surface area contributed by atoms with Gasteiger partial charge in [0.25, 0.3) is 0 Å². The van der Waals surface area contributed by atoms with Gasteiger partial charge < -0.3 is 45.1 Å². The van der Waals surface area contributed by atoms with E-state index in [1.165, 1.54) is 37.4 Å². The molecule has 2 aliphatic carbocycles. The first-order valence-electron chi connectivity index (χ1n) is 15.0. The van der Waals surface area contributed by atoms with E-state index in [0.29, 0.717) is 0 Å². The van der Waals surface area contributed by atoms with Crippen molar-refractivity contribution < 1.29 is 58.6 Å². The molecule has 6 atom stereocenters. The number of nitrogens with two attached hydrogens (primary N) is 1. The topological polar surface area (TPSA) is 212 Å². The van der Waals surface area contributed by atoms with Crippen LogP contribution in [0.3, 0.4) is 0 Å². The average Bonchev–Trinajstić information content (AvgIpc) is 3.06. The molecule has 0 aromatic heterocycles. The number of hydrogen-bond acceptors (Lipinski definition) is 13. The number of aliphatic hydroxyl groups is 2. The first-order chi connectivity index (χ1) is 22.4. The van der Waals surface area contributed by atoms with E-state index >= 15 is 0 Å². The maximum absolute atomic E-state index is 13.8. The predicted octanol–water partition coefficient (Wildman–Crippen LogP) is 1.87. The Bertz CT molecular complexity index is 1780. The molecular formula is C34H33NO12. The van der Waals surface area contributed by atoms with Gasteiger partial charge in [-0.3, -0.25) is 14.4 Å². The normalized spacial score (nSPS) is 26.5. The first kappa shape index (κ1) is 32.3. The lowest BCUT2D eigenvalue weighted by Crippen LogP contribution is -2.53. The number of phenolic OH excluding ortho intramolecular Hbond substituents is 2. The van der Waals surface area contributed by atoms with Crippen molar-refractivity contribution in [1.82, 2.24) is 0 Å². The molecule has 1 fully saturated rings. The van der Waals surface area contributed by atoms with Gasteiger partial charge in [-0.2, -0.15) is 0 Å². The van der Waals surface area contributed by atoms with E-state index in [1.54, 1.807) is 25.1 Å². The number of carbonyl (C=O) groups is 4. The van der Waals surface area contributed by atoms with Crippen molar-refractivity contribution in [3.05, 3.63) is 87.5 Å². The van der Waals surface area contributed by atoms with Crippen LogP contribution in [0, 0.1) is 0 Å². The number of hydrogen-bond donors (Lipinski definition) is 5. The maximum Gasteiger partial charge on any atom is 0.338 e. The summed E-state index contributed by atoms with van der Waals surface area (Å²) in [5.41, 5.74) is 2.39. The van der Waals surface area contributed by atoms with Crippen molar-refractivity contribution in [2.45, 2.75) is 62.4 Å². The molecule has 1 saturated heterocycles. The van der Waals surface area contributed by atoms with Crippen LogP contribution in [0.4, 0.5) is 0 Å². The molecule has 0 spiro atoms. The Balaban J connectivity index is 1.42. The van der Waals surface area contributed by atoms with Crippen LogP contribution in [0.25, 0.3) is 0 Å². The minimum Gasteiger partial charge on any atom is -0.507 e. The Morgan fingerprint density at radius 1 is 1.00 bits per heavy atom. The van der Waals surface area contributed by atoms with Gasteiger partial charge in [0.15, 0.2) is 18.7 Å². The number of ether oxygens (including phenoxy) is 4. The summed E-state index contributed by atoms with van der Waals surface area (Å²) in [6, 6.07) is 11.5. The Kier molecular flexibility index (Phi) is 8.36. The van der Waals surface area contributed by atoms with Crippen molar-refractivity contribution in [3.8, 4) is 17.2 Å². The molecule has 13 nitrogen and oxygen atoms in total. The number of esters is 1. The fraction of sp³-hybridized carbons (Fsp3) is 0.353. The molecule has 13 heteroatoms. The van der Waals surface area contributed by atoms with Crippen molar-refractivity contribution in [1.29, 1.82) is 0 Å². The van der Waals surface area contributed by atoms with E-state index in [0.717, 1.165) is 0 Å². The van der Waals surface area contributed by atoms with Gasteiger partial charge in [0.05, 0.1) is 47.7 Å². The standard InChI is InChI=1S/C34H33NO12/c1-15-28(37)19(35)11-23(46-15)47-21-13-34(43,22(36)14-45-33(42)16-7-4-3-5-8-16)12-18-25(21)32(41)27-26(30(18)39)29(38)17-9-6-10-20(44-2)24(17)31(27)40/h3-10,15,19,21,23,28,37,39,41,43H,11-14,35H2,1-2H3/t15-,19-,21-,23+,28-,34+/m1/s1. The SMILES string of the molecule is COc1cccc2c1C(=O)c1c(O)c3c(c(O)c1C2=O)C[C@@](O)(C(=O)COC(=O)c1ccccc1)C[C@H]3O[C@H]1C[C@@H](N)[C@H](O)[C@@H](C)O1. The summed E-state index contributed by atoms with van der Waals surface area (Å²) in [4.78, 5) is 53.7. The third-order valence-electron chi connectivity index (χ3n) is 9.01. The lowest BCUT2D eigenvalue weighted by molar-refractivity contribution is -0.247. The highest BCUT2D eigenvalue weighted by atomic mass is 16.7. The van der Waals surface area contributed by atoms with Crippen molar-refractivity contribution in [2.75, 3.05) is 13.7 Å². The highest BCUT2D eigenvalue weighted by Gasteiger charge is 2.50. The fourth-order valence-corrected chi connectivity index (χ4v) is 6.53. The summed E-state index contributed by atoms with van der Waals surface area (Å²) < 4.78 is 22.4. The van der Waals surface area contributed by atoms with Crippen LogP contribution in [0.2, 0.25) is 0 Å². The van der Waals surface area contributed by atoms with Crippen LogP contribution in [0.15, 0.2) is 48.5 Å². The number of aromatic hydroxyl groups is 2. The summed E-state index contributed by atoms with van der Waals surface area (Å²) in [6.07, 6.45) is -5.45. The summed E-state index contributed by atoms with van der Waals surface area (Å²) in [6.45, 7) is 0.729. The van der Waals surface area contributed by atoms with Gasteiger partial charge in [0.1, 0.15) is 22.8 Å². The van der Waals surface area contributed by atoms with E-state index in [9.17, 15) is 39.6 Å². The molecule has 3 aromatic rings. The number of aliphatic hydroxyl groups excluding tert-OH is 1. The predicted molar refractivity (Wildman–Crippen MR) is 161 cm³/mol. The molecule has 0 saturated carbocycles. The molecule has 1 aliphatic heterocycles. The number of rotatable bonds is 7. The summed E-state index contributed by atoms with van der Waals surface area (Å²) >= 11 is 0. The van der Waals surface area contributed by atoms with E-state index in [4.69, 9.17) is 24.7 Å². The number of methoxy groups -OCH3 is 1. The fourth-order valence-electron chi connectivity index (χ4n) is 6.53. The molecule has 6 rings (SSSR count).